The van der Waals surface area contributed by atoms with E-state index >= 15 is 0 Å². The lowest BCUT2D eigenvalue weighted by molar-refractivity contribution is 0.0729. The van der Waals surface area contributed by atoms with Gasteiger partial charge in [-0.2, -0.15) is 0 Å². The summed E-state index contributed by atoms with van der Waals surface area (Å²) in [5.41, 5.74) is 0.753. The summed E-state index contributed by atoms with van der Waals surface area (Å²) in [7, 11) is 4.46. The van der Waals surface area contributed by atoms with Crippen molar-refractivity contribution < 1.29 is 32.9 Å². The molecule has 164 valence electrons. The van der Waals surface area contributed by atoms with Crippen LogP contribution in [0.2, 0.25) is 0 Å². The number of hydrogen-bond acceptors (Lipinski definition) is 6. The third kappa shape index (κ3) is 5.13. The van der Waals surface area contributed by atoms with Crippen LogP contribution in [0.4, 0.5) is 4.39 Å². The first-order valence-electron chi connectivity index (χ1n) is 9.56. The number of allylic oxidation sites excluding steroid dienone is 1. The second kappa shape index (κ2) is 10.3. The predicted octanol–water partition coefficient (Wildman–Crippen LogP) is 4.97. The average Bonchev–Trinajstić information content (AvgIpc) is 2.83. The summed E-state index contributed by atoms with van der Waals surface area (Å²) in [5, 5.41) is 0. The van der Waals surface area contributed by atoms with Gasteiger partial charge in [0.05, 0.1) is 26.9 Å². The number of rotatable bonds is 8. The molecule has 0 aliphatic rings. The van der Waals surface area contributed by atoms with Gasteiger partial charge in [0, 0.05) is 0 Å². The van der Waals surface area contributed by atoms with Crippen LogP contribution in [-0.2, 0) is 0 Å². The summed E-state index contributed by atoms with van der Waals surface area (Å²) in [6, 6.07) is 15.0. The normalized spacial score (nSPS) is 10.6. The monoisotopic (exact) mass is 436 g/mol. The zero-order valence-corrected chi connectivity index (χ0v) is 17.8. The number of benzene rings is 3. The summed E-state index contributed by atoms with van der Waals surface area (Å²) >= 11 is 0. The lowest BCUT2D eigenvalue weighted by Gasteiger charge is -2.11. The highest BCUT2D eigenvalue weighted by atomic mass is 19.1. The standard InChI is InChI=1S/C25H21FO6/c1-29-21-7-5-4-6-18(21)25(28)32-22-13-10-17(26)15-19(22)20(27)11-8-16-9-12-23(30-2)24(14-16)31-3/h4-15H,1-3H3/b11-8+. The molecule has 3 rings (SSSR count). The van der Waals surface area contributed by atoms with Crippen molar-refractivity contribution in [1.29, 1.82) is 0 Å². The number of ether oxygens (including phenoxy) is 4. The number of halogens is 1. The molecule has 7 heteroatoms. The zero-order chi connectivity index (χ0) is 23.1. The minimum atomic E-state index is -0.730. The van der Waals surface area contributed by atoms with E-state index in [0.29, 0.717) is 22.8 Å². The summed E-state index contributed by atoms with van der Waals surface area (Å²) in [5.74, 6) is -0.602. The number of esters is 1. The fraction of sp³-hybridized carbons (Fsp3) is 0.120. The molecule has 0 atom stereocenters. The maximum Gasteiger partial charge on any atom is 0.347 e. The molecule has 0 unspecified atom stereocenters. The van der Waals surface area contributed by atoms with Crippen molar-refractivity contribution in [3.63, 3.8) is 0 Å². The summed E-state index contributed by atoms with van der Waals surface area (Å²) in [4.78, 5) is 25.4. The Bertz CT molecular complexity index is 1170. The van der Waals surface area contributed by atoms with Crippen molar-refractivity contribution in [2.24, 2.45) is 0 Å². The van der Waals surface area contributed by atoms with Gasteiger partial charge in [0.15, 0.2) is 17.3 Å². The Kier molecular flexibility index (Phi) is 7.23. The predicted molar refractivity (Wildman–Crippen MR) is 117 cm³/mol. The lowest BCUT2D eigenvalue weighted by Crippen LogP contribution is -2.12. The third-order valence-electron chi connectivity index (χ3n) is 4.57. The minimum absolute atomic E-state index is 0.0655. The molecule has 0 saturated heterocycles. The molecule has 32 heavy (non-hydrogen) atoms. The number of carbonyl (C=O) groups excluding carboxylic acids is 2. The highest BCUT2D eigenvalue weighted by Gasteiger charge is 2.18. The first kappa shape index (κ1) is 22.6. The second-order valence-corrected chi connectivity index (χ2v) is 6.54. The molecular weight excluding hydrogens is 415 g/mol. The summed E-state index contributed by atoms with van der Waals surface area (Å²) < 4.78 is 34.9. The fourth-order valence-corrected chi connectivity index (χ4v) is 2.97. The van der Waals surface area contributed by atoms with Crippen molar-refractivity contribution in [1.82, 2.24) is 0 Å². The van der Waals surface area contributed by atoms with Crippen LogP contribution >= 0.6 is 0 Å². The van der Waals surface area contributed by atoms with Crippen LogP contribution in [0.3, 0.4) is 0 Å². The van der Waals surface area contributed by atoms with Crippen molar-refractivity contribution in [3.05, 3.63) is 89.2 Å². The van der Waals surface area contributed by atoms with Gasteiger partial charge in [-0.05, 0) is 54.1 Å². The Morgan fingerprint density at radius 3 is 2.16 bits per heavy atom. The molecule has 3 aromatic rings. The van der Waals surface area contributed by atoms with Gasteiger partial charge in [0.2, 0.25) is 0 Å². The molecule has 0 N–H and O–H groups in total. The van der Waals surface area contributed by atoms with E-state index in [9.17, 15) is 14.0 Å². The summed E-state index contributed by atoms with van der Waals surface area (Å²) in [6.07, 6.45) is 2.80. The van der Waals surface area contributed by atoms with Crippen molar-refractivity contribution in [2.75, 3.05) is 21.3 Å². The van der Waals surface area contributed by atoms with E-state index in [2.05, 4.69) is 0 Å². The van der Waals surface area contributed by atoms with E-state index in [1.807, 2.05) is 0 Å². The maximum absolute atomic E-state index is 13.9. The molecule has 0 heterocycles. The zero-order valence-electron chi connectivity index (χ0n) is 17.8. The van der Waals surface area contributed by atoms with Gasteiger partial charge in [-0.15, -0.1) is 0 Å². The molecule has 0 radical (unpaired) electrons. The van der Waals surface area contributed by atoms with Crippen molar-refractivity contribution in [2.45, 2.75) is 0 Å². The van der Waals surface area contributed by atoms with Crippen molar-refractivity contribution >= 4 is 17.8 Å². The number of methoxy groups -OCH3 is 3. The Morgan fingerprint density at radius 2 is 1.44 bits per heavy atom. The topological polar surface area (TPSA) is 71.1 Å². The van der Waals surface area contributed by atoms with Gasteiger partial charge < -0.3 is 18.9 Å². The smallest absolute Gasteiger partial charge is 0.347 e. The van der Waals surface area contributed by atoms with E-state index in [0.717, 1.165) is 12.1 Å². The van der Waals surface area contributed by atoms with E-state index < -0.39 is 17.6 Å². The number of ketones is 1. The molecule has 6 nitrogen and oxygen atoms in total. The van der Waals surface area contributed by atoms with Crippen molar-refractivity contribution in [3.8, 4) is 23.0 Å². The molecule has 0 spiro atoms. The van der Waals surface area contributed by atoms with Crippen LogP contribution in [0.15, 0.2) is 66.7 Å². The van der Waals surface area contributed by atoms with Gasteiger partial charge >= 0.3 is 5.97 Å². The third-order valence-corrected chi connectivity index (χ3v) is 4.57. The molecule has 0 amide bonds. The molecule has 0 aliphatic heterocycles. The Morgan fingerprint density at radius 1 is 0.750 bits per heavy atom. The minimum Gasteiger partial charge on any atom is -0.496 e. The maximum atomic E-state index is 13.9. The van der Waals surface area contributed by atoms with Crippen LogP contribution in [0.5, 0.6) is 23.0 Å². The van der Waals surface area contributed by atoms with Crippen LogP contribution in [0, 0.1) is 5.82 Å². The fourth-order valence-electron chi connectivity index (χ4n) is 2.97. The Labute approximate surface area is 184 Å². The van der Waals surface area contributed by atoms with Gasteiger partial charge in [0.25, 0.3) is 0 Å². The van der Waals surface area contributed by atoms with E-state index in [4.69, 9.17) is 18.9 Å². The van der Waals surface area contributed by atoms with Crippen LogP contribution in [0.25, 0.3) is 6.08 Å². The number of hydrogen-bond donors (Lipinski definition) is 0. The molecule has 0 bridgehead atoms. The second-order valence-electron chi connectivity index (χ2n) is 6.54. The van der Waals surface area contributed by atoms with Crippen LogP contribution in [0.1, 0.15) is 26.3 Å². The highest BCUT2D eigenvalue weighted by molar-refractivity contribution is 6.09. The van der Waals surface area contributed by atoms with E-state index in [-0.39, 0.29) is 16.9 Å². The van der Waals surface area contributed by atoms with Crippen LogP contribution in [-0.4, -0.2) is 33.1 Å². The van der Waals surface area contributed by atoms with Gasteiger partial charge in [-0.1, -0.05) is 24.3 Å². The molecule has 0 fully saturated rings. The van der Waals surface area contributed by atoms with E-state index in [1.54, 1.807) is 42.5 Å². The largest absolute Gasteiger partial charge is 0.496 e. The molecule has 0 saturated carbocycles. The Balaban J connectivity index is 1.86. The molecule has 0 aliphatic carbocycles. The Hall–Kier alpha value is -4.13. The molecule has 3 aromatic carbocycles. The first-order chi connectivity index (χ1) is 15.5. The first-order valence-corrected chi connectivity index (χ1v) is 9.56. The van der Waals surface area contributed by atoms with Crippen LogP contribution < -0.4 is 18.9 Å². The van der Waals surface area contributed by atoms with E-state index in [1.165, 1.54) is 39.5 Å². The SMILES string of the molecule is COc1ccc(/C=C/C(=O)c2cc(F)ccc2OC(=O)c2ccccc2OC)cc1OC. The van der Waals surface area contributed by atoms with Gasteiger partial charge in [0.1, 0.15) is 22.9 Å². The molecular formula is C25H21FO6. The number of carbonyl (C=O) groups is 2. The lowest BCUT2D eigenvalue weighted by atomic mass is 10.1. The summed E-state index contributed by atoms with van der Waals surface area (Å²) in [6.45, 7) is 0. The highest BCUT2D eigenvalue weighted by Crippen LogP contribution is 2.29. The average molecular weight is 436 g/mol. The van der Waals surface area contributed by atoms with Gasteiger partial charge in [-0.25, -0.2) is 9.18 Å². The van der Waals surface area contributed by atoms with Gasteiger partial charge in [-0.3, -0.25) is 4.79 Å². The quantitative estimate of drug-likeness (QED) is 0.215. The molecule has 0 aromatic heterocycles. The number of para-hydroxylation sites is 1.